The van der Waals surface area contributed by atoms with E-state index in [9.17, 15) is 4.39 Å². The fraction of sp³-hybridized carbons (Fsp3) is 0. The summed E-state index contributed by atoms with van der Waals surface area (Å²) in [5, 5.41) is 4.59. The van der Waals surface area contributed by atoms with Crippen molar-refractivity contribution in [1.29, 1.82) is 0 Å². The van der Waals surface area contributed by atoms with Gasteiger partial charge in [0.15, 0.2) is 5.76 Å². The van der Waals surface area contributed by atoms with Crippen LogP contribution in [-0.4, -0.2) is 5.16 Å². The van der Waals surface area contributed by atoms with Crippen LogP contribution < -0.4 is 5.73 Å². The van der Waals surface area contributed by atoms with E-state index in [1.54, 1.807) is 6.07 Å². The van der Waals surface area contributed by atoms with Gasteiger partial charge in [0.1, 0.15) is 11.5 Å². The molecule has 3 aromatic rings. The van der Waals surface area contributed by atoms with E-state index in [0.29, 0.717) is 11.4 Å². The highest BCUT2D eigenvalue weighted by atomic mass is 32.1. The molecule has 80 valence electrons. The molecular weight excluding hydrogens is 227 g/mol. The molecule has 2 heterocycles. The highest BCUT2D eigenvalue weighted by Gasteiger charge is 2.11. The Morgan fingerprint density at radius 3 is 2.94 bits per heavy atom. The molecule has 16 heavy (non-hydrogen) atoms. The minimum absolute atomic E-state index is 0.244. The average Bonchev–Trinajstić information content (AvgIpc) is 2.82. The summed E-state index contributed by atoms with van der Waals surface area (Å²) in [5.74, 6) is 0.299. The standard InChI is InChI=1S/C11H7FN2OS/c12-7-2-1-6-3-10(16-9(6)4-7)11-8(13)5-14-15-11/h1-5H,13H2. The molecule has 0 bridgehead atoms. The van der Waals surface area contributed by atoms with Crippen molar-refractivity contribution in [1.82, 2.24) is 5.16 Å². The summed E-state index contributed by atoms with van der Waals surface area (Å²) in [4.78, 5) is 0.857. The highest BCUT2D eigenvalue weighted by Crippen LogP contribution is 2.36. The minimum Gasteiger partial charge on any atom is -0.394 e. The average molecular weight is 234 g/mol. The molecule has 0 saturated heterocycles. The molecule has 3 nitrogen and oxygen atoms in total. The first kappa shape index (κ1) is 9.35. The molecule has 0 spiro atoms. The van der Waals surface area contributed by atoms with Gasteiger partial charge >= 0.3 is 0 Å². The third-order valence-electron chi connectivity index (χ3n) is 2.30. The molecule has 2 aromatic heterocycles. The number of hydrogen-bond acceptors (Lipinski definition) is 4. The van der Waals surface area contributed by atoms with E-state index >= 15 is 0 Å². The van der Waals surface area contributed by atoms with E-state index in [2.05, 4.69) is 5.16 Å². The fourth-order valence-electron chi connectivity index (χ4n) is 1.55. The lowest BCUT2D eigenvalue weighted by Gasteiger charge is -1.88. The Balaban J connectivity index is 2.23. The topological polar surface area (TPSA) is 52.0 Å². The van der Waals surface area contributed by atoms with Crippen LogP contribution in [0.1, 0.15) is 0 Å². The third-order valence-corrected chi connectivity index (χ3v) is 3.40. The molecule has 0 aliphatic carbocycles. The molecule has 3 rings (SSSR count). The molecule has 0 saturated carbocycles. The molecule has 0 aliphatic rings. The number of hydrogen-bond donors (Lipinski definition) is 1. The van der Waals surface area contributed by atoms with Crippen LogP contribution in [0.5, 0.6) is 0 Å². The van der Waals surface area contributed by atoms with Crippen LogP contribution in [0.25, 0.3) is 20.7 Å². The summed E-state index contributed by atoms with van der Waals surface area (Å²) in [7, 11) is 0. The highest BCUT2D eigenvalue weighted by molar-refractivity contribution is 7.22. The second-order valence-corrected chi connectivity index (χ2v) is 4.49. The van der Waals surface area contributed by atoms with Gasteiger partial charge in [-0.1, -0.05) is 11.2 Å². The van der Waals surface area contributed by atoms with Gasteiger partial charge in [-0.05, 0) is 23.6 Å². The summed E-state index contributed by atoms with van der Waals surface area (Å²) < 4.78 is 18.9. The van der Waals surface area contributed by atoms with Crippen molar-refractivity contribution in [2.24, 2.45) is 0 Å². The number of nitrogens with zero attached hydrogens (tertiary/aromatic N) is 1. The second-order valence-electron chi connectivity index (χ2n) is 3.40. The lowest BCUT2D eigenvalue weighted by Crippen LogP contribution is -1.81. The molecule has 0 aliphatic heterocycles. The van der Waals surface area contributed by atoms with E-state index in [1.807, 2.05) is 6.07 Å². The summed E-state index contributed by atoms with van der Waals surface area (Å²) in [5.41, 5.74) is 6.19. The SMILES string of the molecule is Nc1cnoc1-c1cc2ccc(F)cc2s1. The summed E-state index contributed by atoms with van der Waals surface area (Å²) in [6.45, 7) is 0. The number of halogens is 1. The lowest BCUT2D eigenvalue weighted by molar-refractivity contribution is 0.433. The van der Waals surface area contributed by atoms with Gasteiger partial charge in [0.25, 0.3) is 0 Å². The Kier molecular flexibility index (Phi) is 1.94. The van der Waals surface area contributed by atoms with Gasteiger partial charge in [0.2, 0.25) is 0 Å². The van der Waals surface area contributed by atoms with Crippen molar-refractivity contribution < 1.29 is 8.91 Å². The molecular formula is C11H7FN2OS. The monoisotopic (exact) mass is 234 g/mol. The Bertz CT molecular complexity index is 659. The number of thiophene rings is 1. The van der Waals surface area contributed by atoms with Crippen LogP contribution in [0.3, 0.4) is 0 Å². The Morgan fingerprint density at radius 1 is 1.31 bits per heavy atom. The first-order valence-corrected chi connectivity index (χ1v) is 5.45. The molecule has 2 N–H and O–H groups in total. The van der Waals surface area contributed by atoms with Gasteiger partial charge in [0.05, 0.1) is 11.1 Å². The lowest BCUT2D eigenvalue weighted by atomic mass is 10.2. The smallest absolute Gasteiger partial charge is 0.199 e. The summed E-state index contributed by atoms with van der Waals surface area (Å²) in [6, 6.07) is 6.58. The normalized spacial score (nSPS) is 11.1. The van der Waals surface area contributed by atoms with Gasteiger partial charge in [-0.3, -0.25) is 0 Å². The van der Waals surface area contributed by atoms with Crippen molar-refractivity contribution in [3.05, 3.63) is 36.3 Å². The zero-order valence-corrected chi connectivity index (χ0v) is 8.92. The first-order valence-electron chi connectivity index (χ1n) is 4.63. The zero-order valence-electron chi connectivity index (χ0n) is 8.11. The van der Waals surface area contributed by atoms with Crippen molar-refractivity contribution >= 4 is 27.1 Å². The van der Waals surface area contributed by atoms with Crippen molar-refractivity contribution in [3.63, 3.8) is 0 Å². The second kappa shape index (κ2) is 3.31. The van der Waals surface area contributed by atoms with Gasteiger partial charge in [-0.25, -0.2) is 4.39 Å². The number of benzene rings is 1. The fourth-order valence-corrected chi connectivity index (χ4v) is 2.64. The van der Waals surface area contributed by atoms with Crippen LogP contribution in [0.15, 0.2) is 35.0 Å². The summed E-state index contributed by atoms with van der Waals surface area (Å²) >= 11 is 1.43. The number of nitrogen functional groups attached to an aromatic ring is 1. The maximum atomic E-state index is 13.0. The van der Waals surface area contributed by atoms with E-state index in [-0.39, 0.29) is 5.82 Å². The molecule has 0 atom stereocenters. The predicted octanol–water partition coefficient (Wildman–Crippen LogP) is 3.28. The van der Waals surface area contributed by atoms with E-state index < -0.39 is 0 Å². The van der Waals surface area contributed by atoms with Gasteiger partial charge in [0, 0.05) is 4.70 Å². The Labute approximate surface area is 94.3 Å². The first-order chi connectivity index (χ1) is 7.74. The number of rotatable bonds is 1. The number of anilines is 1. The molecule has 0 unspecified atom stereocenters. The van der Waals surface area contributed by atoms with Gasteiger partial charge in [-0.2, -0.15) is 0 Å². The molecule has 0 radical (unpaired) electrons. The van der Waals surface area contributed by atoms with E-state index in [0.717, 1.165) is 15.0 Å². The Morgan fingerprint density at radius 2 is 2.19 bits per heavy atom. The number of nitrogens with two attached hydrogens (primary N) is 1. The van der Waals surface area contributed by atoms with Crippen LogP contribution >= 0.6 is 11.3 Å². The number of fused-ring (bicyclic) bond motifs is 1. The third kappa shape index (κ3) is 1.37. The minimum atomic E-state index is -0.244. The van der Waals surface area contributed by atoms with Crippen LogP contribution in [0.4, 0.5) is 10.1 Å². The molecule has 0 amide bonds. The summed E-state index contributed by atoms with van der Waals surface area (Å²) in [6.07, 6.45) is 1.46. The van der Waals surface area contributed by atoms with Crippen LogP contribution in [-0.2, 0) is 0 Å². The molecule has 1 aromatic carbocycles. The quantitative estimate of drug-likeness (QED) is 0.703. The number of aromatic nitrogens is 1. The largest absolute Gasteiger partial charge is 0.394 e. The van der Waals surface area contributed by atoms with E-state index in [4.69, 9.17) is 10.3 Å². The predicted molar refractivity (Wildman–Crippen MR) is 61.7 cm³/mol. The zero-order chi connectivity index (χ0) is 11.1. The molecule has 0 fully saturated rings. The molecule has 5 heteroatoms. The van der Waals surface area contributed by atoms with Crippen LogP contribution in [0, 0.1) is 5.82 Å². The van der Waals surface area contributed by atoms with Gasteiger partial charge in [-0.15, -0.1) is 11.3 Å². The van der Waals surface area contributed by atoms with E-state index in [1.165, 1.54) is 29.7 Å². The van der Waals surface area contributed by atoms with Crippen molar-refractivity contribution in [3.8, 4) is 10.6 Å². The maximum absolute atomic E-state index is 13.0. The van der Waals surface area contributed by atoms with Gasteiger partial charge < -0.3 is 10.3 Å². The Hall–Kier alpha value is -1.88. The van der Waals surface area contributed by atoms with Crippen molar-refractivity contribution in [2.45, 2.75) is 0 Å². The maximum Gasteiger partial charge on any atom is 0.199 e. The van der Waals surface area contributed by atoms with Crippen LogP contribution in [0.2, 0.25) is 0 Å². The van der Waals surface area contributed by atoms with Crippen molar-refractivity contribution in [2.75, 3.05) is 5.73 Å².